The second kappa shape index (κ2) is 8.04. The average molecular weight is 385 g/mol. The van der Waals surface area contributed by atoms with Crippen molar-refractivity contribution in [2.24, 2.45) is 0 Å². The third kappa shape index (κ3) is 4.12. The van der Waals surface area contributed by atoms with Crippen molar-refractivity contribution in [2.75, 3.05) is 26.6 Å². The Kier molecular flexibility index (Phi) is 6.06. The molecule has 1 aromatic carbocycles. The van der Waals surface area contributed by atoms with Crippen LogP contribution < -0.4 is 14.8 Å². The van der Waals surface area contributed by atoms with Crippen molar-refractivity contribution < 1.29 is 23.8 Å². The molecule has 0 aliphatic carbocycles. The molecule has 0 saturated heterocycles. The molecular formula is C16H14Cl2N2O5. The van der Waals surface area contributed by atoms with Crippen LogP contribution in [0.2, 0.25) is 10.2 Å². The number of halogens is 2. The Morgan fingerprint density at radius 2 is 1.68 bits per heavy atom. The summed E-state index contributed by atoms with van der Waals surface area (Å²) in [5, 5.41) is 2.81. The molecule has 0 saturated carbocycles. The van der Waals surface area contributed by atoms with Gasteiger partial charge in [0.25, 0.3) is 5.91 Å². The number of hydrogen-bond acceptors (Lipinski definition) is 6. The highest BCUT2D eigenvalue weighted by Gasteiger charge is 2.20. The van der Waals surface area contributed by atoms with Gasteiger partial charge in [-0.25, -0.2) is 9.78 Å². The summed E-state index contributed by atoms with van der Waals surface area (Å²) in [6.45, 7) is 0. The summed E-state index contributed by atoms with van der Waals surface area (Å²) in [5.74, 6) is -0.540. The van der Waals surface area contributed by atoms with E-state index in [1.54, 1.807) is 0 Å². The predicted molar refractivity (Wildman–Crippen MR) is 93.1 cm³/mol. The van der Waals surface area contributed by atoms with Crippen molar-refractivity contribution in [2.45, 2.75) is 0 Å². The van der Waals surface area contributed by atoms with Crippen LogP contribution in [0.1, 0.15) is 20.7 Å². The van der Waals surface area contributed by atoms with Crippen molar-refractivity contribution >= 4 is 40.8 Å². The maximum absolute atomic E-state index is 12.4. The summed E-state index contributed by atoms with van der Waals surface area (Å²) in [6, 6.07) is 4.23. The molecule has 2 rings (SSSR count). The second-order valence-electron chi connectivity index (χ2n) is 4.70. The van der Waals surface area contributed by atoms with E-state index in [2.05, 4.69) is 10.3 Å². The Morgan fingerprint density at radius 1 is 1.04 bits per heavy atom. The fourth-order valence-electron chi connectivity index (χ4n) is 2.00. The highest BCUT2D eigenvalue weighted by atomic mass is 35.5. The molecule has 7 nitrogen and oxygen atoms in total. The quantitative estimate of drug-likeness (QED) is 0.627. The topological polar surface area (TPSA) is 86.8 Å². The molecule has 0 aliphatic heterocycles. The SMILES string of the molecule is COC(=O)c1cc(OC)c(OC)cc1NC(=O)c1cnc(Cl)c(Cl)c1. The van der Waals surface area contributed by atoms with Gasteiger partial charge in [-0.1, -0.05) is 23.2 Å². The first kappa shape index (κ1) is 18.8. The van der Waals surface area contributed by atoms with Crippen LogP contribution in [0.25, 0.3) is 0 Å². The molecular weight excluding hydrogens is 371 g/mol. The van der Waals surface area contributed by atoms with Crippen molar-refractivity contribution in [3.05, 3.63) is 45.7 Å². The van der Waals surface area contributed by atoms with Crippen molar-refractivity contribution in [3.8, 4) is 11.5 Å². The number of pyridine rings is 1. The largest absolute Gasteiger partial charge is 0.493 e. The summed E-state index contributed by atoms with van der Waals surface area (Å²) >= 11 is 11.6. The summed E-state index contributed by atoms with van der Waals surface area (Å²) in [4.78, 5) is 28.2. The fourth-order valence-corrected chi connectivity index (χ4v) is 2.27. The monoisotopic (exact) mass is 384 g/mol. The zero-order chi connectivity index (χ0) is 18.6. The normalized spacial score (nSPS) is 10.1. The molecule has 9 heteroatoms. The Bertz CT molecular complexity index is 826. The van der Waals surface area contributed by atoms with Gasteiger partial charge in [0.15, 0.2) is 11.5 Å². The minimum absolute atomic E-state index is 0.0829. The van der Waals surface area contributed by atoms with Crippen LogP contribution in [-0.4, -0.2) is 38.2 Å². The minimum Gasteiger partial charge on any atom is -0.493 e. The molecule has 0 bridgehead atoms. The van der Waals surface area contributed by atoms with Crippen molar-refractivity contribution in [1.29, 1.82) is 0 Å². The van der Waals surface area contributed by atoms with E-state index in [1.807, 2.05) is 0 Å². The van der Waals surface area contributed by atoms with Gasteiger partial charge >= 0.3 is 5.97 Å². The summed E-state index contributed by atoms with van der Waals surface area (Å²) in [6.07, 6.45) is 1.27. The Labute approximate surface area is 153 Å². The van der Waals surface area contributed by atoms with E-state index >= 15 is 0 Å². The van der Waals surface area contributed by atoms with Crippen molar-refractivity contribution in [1.82, 2.24) is 4.98 Å². The van der Waals surface area contributed by atoms with Crippen molar-refractivity contribution in [3.63, 3.8) is 0 Å². The minimum atomic E-state index is -0.650. The average Bonchev–Trinajstić information content (AvgIpc) is 2.62. The lowest BCUT2D eigenvalue weighted by Crippen LogP contribution is -2.16. The van der Waals surface area contributed by atoms with Gasteiger partial charge in [-0.3, -0.25) is 4.79 Å². The number of nitrogens with zero attached hydrogens (tertiary/aromatic N) is 1. The summed E-state index contributed by atoms with van der Waals surface area (Å²) < 4.78 is 15.1. The van der Waals surface area contributed by atoms with Gasteiger partial charge in [0, 0.05) is 18.3 Å². The third-order valence-corrected chi connectivity index (χ3v) is 3.92. The van der Waals surface area contributed by atoms with E-state index < -0.39 is 11.9 Å². The van der Waals surface area contributed by atoms with Crippen LogP contribution in [0, 0.1) is 0 Å². The number of aromatic nitrogens is 1. The second-order valence-corrected chi connectivity index (χ2v) is 5.46. The van der Waals surface area contributed by atoms with E-state index in [-0.39, 0.29) is 27.0 Å². The van der Waals surface area contributed by atoms with E-state index in [9.17, 15) is 9.59 Å². The Morgan fingerprint density at radius 3 is 2.24 bits per heavy atom. The number of methoxy groups -OCH3 is 3. The number of amides is 1. The highest BCUT2D eigenvalue weighted by molar-refractivity contribution is 6.41. The van der Waals surface area contributed by atoms with E-state index in [1.165, 1.54) is 45.7 Å². The number of ether oxygens (including phenoxy) is 3. The molecule has 0 aliphatic rings. The Hall–Kier alpha value is -2.51. The first-order valence-electron chi connectivity index (χ1n) is 6.88. The summed E-state index contributed by atoms with van der Waals surface area (Å²) in [7, 11) is 4.09. The molecule has 132 valence electrons. The first-order chi connectivity index (χ1) is 11.9. The van der Waals surface area contributed by atoms with Gasteiger partial charge in [-0.05, 0) is 6.07 Å². The standard InChI is InChI=1S/C16H14Cl2N2O5/c1-23-12-5-9(16(22)25-3)11(6-13(12)24-2)20-15(21)8-4-10(17)14(18)19-7-8/h4-7H,1-3H3,(H,20,21). The van der Waals surface area contributed by atoms with Crippen LogP contribution in [0.4, 0.5) is 5.69 Å². The lowest BCUT2D eigenvalue weighted by Gasteiger charge is -2.14. The van der Waals surface area contributed by atoms with E-state index in [0.29, 0.717) is 11.5 Å². The van der Waals surface area contributed by atoms with Gasteiger partial charge in [0.05, 0.1) is 43.2 Å². The number of hydrogen-bond donors (Lipinski definition) is 1. The van der Waals surface area contributed by atoms with Crippen LogP contribution in [0.3, 0.4) is 0 Å². The molecule has 0 unspecified atom stereocenters. The number of carbonyl (C=O) groups is 2. The van der Waals surface area contributed by atoms with Gasteiger partial charge in [0.2, 0.25) is 0 Å². The first-order valence-corrected chi connectivity index (χ1v) is 7.63. The maximum Gasteiger partial charge on any atom is 0.340 e. The van der Waals surface area contributed by atoms with Gasteiger partial charge in [-0.15, -0.1) is 0 Å². The highest BCUT2D eigenvalue weighted by Crippen LogP contribution is 2.34. The number of carbonyl (C=O) groups excluding carboxylic acids is 2. The predicted octanol–water partition coefficient (Wildman–Crippen LogP) is 3.44. The zero-order valence-corrected chi connectivity index (χ0v) is 15.1. The molecule has 1 heterocycles. The maximum atomic E-state index is 12.4. The molecule has 1 amide bonds. The number of benzene rings is 1. The number of nitrogens with one attached hydrogen (secondary N) is 1. The molecule has 0 fully saturated rings. The van der Waals surface area contributed by atoms with Crippen LogP contribution in [0.15, 0.2) is 24.4 Å². The summed E-state index contributed by atoms with van der Waals surface area (Å²) in [5.41, 5.74) is 0.446. The van der Waals surface area contributed by atoms with Crippen LogP contribution in [0.5, 0.6) is 11.5 Å². The number of esters is 1. The third-order valence-electron chi connectivity index (χ3n) is 3.24. The van der Waals surface area contributed by atoms with Crippen LogP contribution in [-0.2, 0) is 4.74 Å². The fraction of sp³-hybridized carbons (Fsp3) is 0.188. The zero-order valence-electron chi connectivity index (χ0n) is 13.6. The molecule has 1 N–H and O–H groups in total. The van der Waals surface area contributed by atoms with E-state index in [4.69, 9.17) is 37.4 Å². The lowest BCUT2D eigenvalue weighted by molar-refractivity contribution is 0.0601. The molecule has 0 atom stereocenters. The molecule has 0 radical (unpaired) electrons. The van der Waals surface area contributed by atoms with E-state index in [0.717, 1.165) is 0 Å². The van der Waals surface area contributed by atoms with Crippen LogP contribution >= 0.6 is 23.2 Å². The lowest BCUT2D eigenvalue weighted by atomic mass is 10.1. The smallest absolute Gasteiger partial charge is 0.340 e. The molecule has 0 spiro atoms. The van der Waals surface area contributed by atoms with Gasteiger partial charge in [0.1, 0.15) is 5.15 Å². The molecule has 1 aromatic heterocycles. The number of anilines is 1. The Balaban J connectivity index is 2.44. The van der Waals surface area contributed by atoms with Gasteiger partial charge in [-0.2, -0.15) is 0 Å². The molecule has 2 aromatic rings. The molecule has 25 heavy (non-hydrogen) atoms. The van der Waals surface area contributed by atoms with Gasteiger partial charge < -0.3 is 19.5 Å². The number of rotatable bonds is 5.